The van der Waals surface area contributed by atoms with Crippen LogP contribution < -0.4 is 0 Å². The van der Waals surface area contributed by atoms with Gasteiger partial charge in [-0.2, -0.15) is 0 Å². The molecule has 3 rings (SSSR count). The van der Waals surface area contributed by atoms with Crippen molar-refractivity contribution >= 4 is 45.2 Å². The minimum Gasteiger partial charge on any atom is -0.321 e. The molecule has 0 aliphatic heterocycles. The summed E-state index contributed by atoms with van der Waals surface area (Å²) in [5, 5.41) is -0.135. The largest absolute Gasteiger partial charge is 0.321 e. The predicted molar refractivity (Wildman–Crippen MR) is 90.1 cm³/mol. The lowest BCUT2D eigenvalue weighted by Crippen LogP contribution is -2.06. The molecular weight excluding hydrogens is 385 g/mol. The number of imidazole rings is 1. The van der Waals surface area contributed by atoms with Crippen molar-refractivity contribution in [3.63, 3.8) is 0 Å². The Morgan fingerprint density at radius 1 is 1.30 bits per heavy atom. The third kappa shape index (κ3) is 2.67. The van der Waals surface area contributed by atoms with Crippen LogP contribution >= 0.6 is 34.2 Å². The minimum absolute atomic E-state index is 0.135. The summed E-state index contributed by atoms with van der Waals surface area (Å²) >= 11 is 8.58. The van der Waals surface area contributed by atoms with Crippen LogP contribution in [-0.2, 0) is 6.54 Å². The van der Waals surface area contributed by atoms with Crippen molar-refractivity contribution < 1.29 is 0 Å². The molecule has 0 spiro atoms. The van der Waals surface area contributed by atoms with Crippen molar-refractivity contribution in [3.8, 4) is 0 Å². The standard InChI is InChI=1S/C15H13ClIN3/c1-10(16)15-19-13-8-11(17)5-6-14(13)20(15)9-12-4-2-3-7-18-12/h2-8,10H,9H2,1H3. The molecule has 0 aliphatic carbocycles. The number of hydrogen-bond donors (Lipinski definition) is 0. The van der Waals surface area contributed by atoms with Crippen LogP contribution in [0.25, 0.3) is 11.0 Å². The molecule has 0 amide bonds. The number of rotatable bonds is 3. The van der Waals surface area contributed by atoms with E-state index in [9.17, 15) is 0 Å². The smallest absolute Gasteiger partial charge is 0.128 e. The Morgan fingerprint density at radius 3 is 2.85 bits per heavy atom. The van der Waals surface area contributed by atoms with Gasteiger partial charge >= 0.3 is 0 Å². The monoisotopic (exact) mass is 397 g/mol. The van der Waals surface area contributed by atoms with Crippen LogP contribution in [-0.4, -0.2) is 14.5 Å². The quantitative estimate of drug-likeness (QED) is 0.485. The van der Waals surface area contributed by atoms with Gasteiger partial charge in [0.15, 0.2) is 0 Å². The van der Waals surface area contributed by atoms with Crippen LogP contribution in [0.2, 0.25) is 0 Å². The van der Waals surface area contributed by atoms with Crippen molar-refractivity contribution in [3.05, 3.63) is 57.7 Å². The first-order valence-corrected chi connectivity index (χ1v) is 7.86. The van der Waals surface area contributed by atoms with Crippen LogP contribution in [0.5, 0.6) is 0 Å². The average molecular weight is 398 g/mol. The van der Waals surface area contributed by atoms with Gasteiger partial charge in [-0.1, -0.05) is 6.07 Å². The summed E-state index contributed by atoms with van der Waals surface area (Å²) in [7, 11) is 0. The maximum Gasteiger partial charge on any atom is 0.128 e. The lowest BCUT2D eigenvalue weighted by molar-refractivity contribution is 0.727. The van der Waals surface area contributed by atoms with Gasteiger partial charge in [0.1, 0.15) is 5.82 Å². The Balaban J connectivity index is 2.14. The number of halogens is 2. The molecule has 2 aromatic heterocycles. The third-order valence-electron chi connectivity index (χ3n) is 3.14. The van der Waals surface area contributed by atoms with E-state index in [1.807, 2.05) is 25.1 Å². The molecule has 0 bridgehead atoms. The molecule has 102 valence electrons. The number of benzene rings is 1. The maximum atomic E-state index is 6.28. The molecular formula is C15H13ClIN3. The predicted octanol–water partition coefficient (Wildman–Crippen LogP) is 4.38. The summed E-state index contributed by atoms with van der Waals surface area (Å²) in [5.74, 6) is 0.884. The Morgan fingerprint density at radius 2 is 2.15 bits per heavy atom. The molecule has 2 heterocycles. The van der Waals surface area contributed by atoms with E-state index >= 15 is 0 Å². The normalized spacial score (nSPS) is 12.8. The highest BCUT2D eigenvalue weighted by atomic mass is 127. The zero-order chi connectivity index (χ0) is 14.1. The minimum atomic E-state index is -0.135. The summed E-state index contributed by atoms with van der Waals surface area (Å²) < 4.78 is 3.32. The molecule has 0 aliphatic rings. The number of pyridine rings is 1. The van der Waals surface area contributed by atoms with Gasteiger partial charge in [0.2, 0.25) is 0 Å². The number of fused-ring (bicyclic) bond motifs is 1. The third-order valence-corrected chi connectivity index (χ3v) is 4.01. The topological polar surface area (TPSA) is 30.7 Å². The fourth-order valence-corrected chi connectivity index (χ4v) is 2.89. The average Bonchev–Trinajstić information content (AvgIpc) is 2.78. The van der Waals surface area contributed by atoms with Crippen LogP contribution in [0.3, 0.4) is 0 Å². The van der Waals surface area contributed by atoms with Crippen molar-refractivity contribution in [1.82, 2.24) is 14.5 Å². The number of hydrogen-bond acceptors (Lipinski definition) is 2. The maximum absolute atomic E-state index is 6.28. The van der Waals surface area contributed by atoms with Crippen LogP contribution in [0, 0.1) is 3.57 Å². The van der Waals surface area contributed by atoms with E-state index in [-0.39, 0.29) is 5.38 Å². The number of aromatic nitrogens is 3. The van der Waals surface area contributed by atoms with E-state index in [0.29, 0.717) is 6.54 Å². The van der Waals surface area contributed by atoms with Gasteiger partial charge < -0.3 is 4.57 Å². The van der Waals surface area contributed by atoms with Gasteiger partial charge in [-0.25, -0.2) is 4.98 Å². The highest BCUT2D eigenvalue weighted by Crippen LogP contribution is 2.26. The van der Waals surface area contributed by atoms with Crippen LogP contribution in [0.15, 0.2) is 42.6 Å². The van der Waals surface area contributed by atoms with E-state index in [4.69, 9.17) is 11.6 Å². The molecule has 0 saturated carbocycles. The zero-order valence-corrected chi connectivity index (χ0v) is 13.8. The molecule has 20 heavy (non-hydrogen) atoms. The summed E-state index contributed by atoms with van der Waals surface area (Å²) in [6.45, 7) is 2.63. The van der Waals surface area contributed by atoms with Gasteiger partial charge in [0.25, 0.3) is 0 Å². The molecule has 0 radical (unpaired) electrons. The number of alkyl halides is 1. The lowest BCUT2D eigenvalue weighted by Gasteiger charge is -2.10. The second kappa shape index (κ2) is 5.69. The van der Waals surface area contributed by atoms with E-state index in [1.54, 1.807) is 6.20 Å². The fourth-order valence-electron chi connectivity index (χ4n) is 2.25. The molecule has 0 N–H and O–H groups in total. The number of nitrogens with zero attached hydrogens (tertiary/aromatic N) is 3. The summed E-state index contributed by atoms with van der Waals surface area (Å²) in [6, 6.07) is 12.2. The Kier molecular flexibility index (Phi) is 3.94. The molecule has 1 unspecified atom stereocenters. The molecule has 0 saturated heterocycles. The second-order valence-electron chi connectivity index (χ2n) is 4.63. The molecule has 3 aromatic rings. The van der Waals surface area contributed by atoms with Crippen molar-refractivity contribution in [1.29, 1.82) is 0 Å². The Hall–Kier alpha value is -1.14. The van der Waals surface area contributed by atoms with E-state index in [0.717, 1.165) is 22.6 Å². The molecule has 5 heteroatoms. The van der Waals surface area contributed by atoms with Gasteiger partial charge in [0.05, 0.1) is 28.6 Å². The zero-order valence-electron chi connectivity index (χ0n) is 10.9. The molecule has 3 nitrogen and oxygen atoms in total. The van der Waals surface area contributed by atoms with Crippen molar-refractivity contribution in [2.45, 2.75) is 18.8 Å². The van der Waals surface area contributed by atoms with Crippen LogP contribution in [0.1, 0.15) is 23.8 Å². The Bertz CT molecular complexity index is 737. The summed E-state index contributed by atoms with van der Waals surface area (Å²) in [6.07, 6.45) is 1.81. The first kappa shape index (κ1) is 13.8. The highest BCUT2D eigenvalue weighted by Gasteiger charge is 2.15. The molecule has 1 atom stereocenters. The summed E-state index contributed by atoms with van der Waals surface area (Å²) in [5.41, 5.74) is 3.08. The van der Waals surface area contributed by atoms with Gasteiger partial charge in [-0.15, -0.1) is 11.6 Å². The van der Waals surface area contributed by atoms with E-state index in [1.165, 1.54) is 3.57 Å². The Labute approximate surface area is 136 Å². The van der Waals surface area contributed by atoms with Gasteiger partial charge in [-0.3, -0.25) is 4.98 Å². The lowest BCUT2D eigenvalue weighted by atomic mass is 10.3. The van der Waals surface area contributed by atoms with Gasteiger partial charge in [-0.05, 0) is 59.8 Å². The molecule has 1 aromatic carbocycles. The van der Waals surface area contributed by atoms with Crippen LogP contribution in [0.4, 0.5) is 0 Å². The fraction of sp³-hybridized carbons (Fsp3) is 0.200. The van der Waals surface area contributed by atoms with E-state index < -0.39 is 0 Å². The second-order valence-corrected chi connectivity index (χ2v) is 6.53. The van der Waals surface area contributed by atoms with E-state index in [2.05, 4.69) is 55.3 Å². The summed E-state index contributed by atoms with van der Waals surface area (Å²) in [4.78, 5) is 9.05. The first-order chi connectivity index (χ1) is 9.65. The SMILES string of the molecule is CC(Cl)c1nc2cc(I)ccc2n1Cc1ccccn1. The van der Waals surface area contributed by atoms with Crippen molar-refractivity contribution in [2.24, 2.45) is 0 Å². The van der Waals surface area contributed by atoms with Crippen molar-refractivity contribution in [2.75, 3.05) is 0 Å². The first-order valence-electron chi connectivity index (χ1n) is 6.35. The molecule has 0 fully saturated rings. The highest BCUT2D eigenvalue weighted by molar-refractivity contribution is 14.1. The van der Waals surface area contributed by atoms with Gasteiger partial charge in [0, 0.05) is 9.77 Å².